The Kier molecular flexibility index (Phi) is 7.35. The van der Waals surface area contributed by atoms with E-state index in [4.69, 9.17) is 9.84 Å². The summed E-state index contributed by atoms with van der Waals surface area (Å²) in [5.41, 5.74) is 0. The highest BCUT2D eigenvalue weighted by Crippen LogP contribution is 1.90. The van der Waals surface area contributed by atoms with E-state index in [-0.39, 0.29) is 0 Å². The van der Waals surface area contributed by atoms with Crippen LogP contribution < -0.4 is 10.6 Å². The minimum Gasteiger partial charge on any atom is -0.480 e. The summed E-state index contributed by atoms with van der Waals surface area (Å²) < 4.78 is 4.80. The second-order valence-electron chi connectivity index (χ2n) is 3.05. The molecule has 0 radical (unpaired) electrons. The van der Waals surface area contributed by atoms with Gasteiger partial charge in [0.05, 0.1) is 0 Å². The Morgan fingerprint density at radius 2 is 2.13 bits per heavy atom. The third-order valence-electron chi connectivity index (χ3n) is 1.82. The Morgan fingerprint density at radius 1 is 1.47 bits per heavy atom. The van der Waals surface area contributed by atoms with E-state index in [1.807, 2.05) is 0 Å². The van der Waals surface area contributed by atoms with Crippen molar-refractivity contribution in [1.29, 1.82) is 0 Å². The fourth-order valence-electron chi connectivity index (χ4n) is 0.966. The smallest absolute Gasteiger partial charge is 0.326 e. The molecular formula is C9H18N2O4. The number of urea groups is 1. The van der Waals surface area contributed by atoms with Crippen LogP contribution in [0.25, 0.3) is 0 Å². The van der Waals surface area contributed by atoms with E-state index in [1.54, 1.807) is 14.0 Å². The Hall–Kier alpha value is -1.30. The summed E-state index contributed by atoms with van der Waals surface area (Å²) >= 11 is 0. The number of rotatable bonds is 7. The van der Waals surface area contributed by atoms with Gasteiger partial charge >= 0.3 is 12.0 Å². The minimum atomic E-state index is -1.02. The molecule has 2 amide bonds. The van der Waals surface area contributed by atoms with E-state index >= 15 is 0 Å². The quantitative estimate of drug-likeness (QED) is 0.532. The van der Waals surface area contributed by atoms with Gasteiger partial charge < -0.3 is 20.5 Å². The number of carboxylic acids is 1. The fourth-order valence-corrected chi connectivity index (χ4v) is 0.966. The molecule has 0 aromatic heterocycles. The molecule has 0 aliphatic carbocycles. The molecule has 88 valence electrons. The maximum Gasteiger partial charge on any atom is 0.326 e. The number of carbonyl (C=O) groups is 2. The van der Waals surface area contributed by atoms with Crippen molar-refractivity contribution in [2.45, 2.75) is 25.8 Å². The third kappa shape index (κ3) is 6.73. The number of carbonyl (C=O) groups excluding carboxylic acids is 1. The first-order chi connectivity index (χ1) is 7.11. The summed E-state index contributed by atoms with van der Waals surface area (Å²) in [5.74, 6) is -1.02. The number of carboxylic acid groups (broad SMARTS) is 1. The molecule has 0 aliphatic rings. The number of nitrogens with one attached hydrogen (secondary N) is 2. The number of aliphatic carboxylic acids is 1. The molecular weight excluding hydrogens is 200 g/mol. The lowest BCUT2D eigenvalue weighted by atomic mass is 10.2. The molecule has 0 aromatic carbocycles. The lowest BCUT2D eigenvalue weighted by Gasteiger charge is -2.12. The van der Waals surface area contributed by atoms with Crippen LogP contribution in [-0.2, 0) is 9.53 Å². The van der Waals surface area contributed by atoms with Crippen LogP contribution in [0.15, 0.2) is 0 Å². The molecule has 0 fully saturated rings. The van der Waals surface area contributed by atoms with Gasteiger partial charge in [-0.1, -0.05) is 6.92 Å². The van der Waals surface area contributed by atoms with Crippen LogP contribution >= 0.6 is 0 Å². The number of hydrogen-bond acceptors (Lipinski definition) is 3. The predicted molar refractivity (Wildman–Crippen MR) is 54.7 cm³/mol. The van der Waals surface area contributed by atoms with E-state index in [1.165, 1.54) is 0 Å². The van der Waals surface area contributed by atoms with Crippen molar-refractivity contribution >= 4 is 12.0 Å². The van der Waals surface area contributed by atoms with Gasteiger partial charge in [0, 0.05) is 20.3 Å². The summed E-state index contributed by atoms with van der Waals surface area (Å²) in [7, 11) is 1.58. The van der Waals surface area contributed by atoms with Crippen LogP contribution in [0.2, 0.25) is 0 Å². The Bertz CT molecular complexity index is 208. The van der Waals surface area contributed by atoms with Crippen molar-refractivity contribution in [3.63, 3.8) is 0 Å². The van der Waals surface area contributed by atoms with Crippen molar-refractivity contribution < 1.29 is 19.4 Å². The van der Waals surface area contributed by atoms with E-state index in [0.29, 0.717) is 26.0 Å². The van der Waals surface area contributed by atoms with Crippen LogP contribution in [0, 0.1) is 0 Å². The molecule has 15 heavy (non-hydrogen) atoms. The minimum absolute atomic E-state index is 0.362. The average molecular weight is 218 g/mol. The molecule has 0 saturated heterocycles. The van der Waals surface area contributed by atoms with Gasteiger partial charge in [-0.2, -0.15) is 0 Å². The van der Waals surface area contributed by atoms with Crippen molar-refractivity contribution in [3.05, 3.63) is 0 Å². The zero-order chi connectivity index (χ0) is 11.7. The van der Waals surface area contributed by atoms with E-state index < -0.39 is 18.0 Å². The number of ether oxygens (including phenoxy) is 1. The molecule has 6 heteroatoms. The van der Waals surface area contributed by atoms with Crippen LogP contribution in [0.3, 0.4) is 0 Å². The zero-order valence-electron chi connectivity index (χ0n) is 9.08. The van der Waals surface area contributed by atoms with Crippen molar-refractivity contribution in [2.75, 3.05) is 20.3 Å². The summed E-state index contributed by atoms with van der Waals surface area (Å²) in [4.78, 5) is 21.7. The van der Waals surface area contributed by atoms with Gasteiger partial charge in [-0.3, -0.25) is 0 Å². The Morgan fingerprint density at radius 3 is 2.60 bits per heavy atom. The molecule has 0 aliphatic heterocycles. The summed E-state index contributed by atoms with van der Waals surface area (Å²) in [6.45, 7) is 2.73. The van der Waals surface area contributed by atoms with Gasteiger partial charge in [0.25, 0.3) is 0 Å². The highest BCUT2D eigenvalue weighted by molar-refractivity contribution is 5.82. The maximum atomic E-state index is 11.2. The Labute approximate surface area is 89.0 Å². The monoisotopic (exact) mass is 218 g/mol. The maximum absolute atomic E-state index is 11.2. The molecule has 0 bridgehead atoms. The molecule has 6 nitrogen and oxygen atoms in total. The first kappa shape index (κ1) is 13.7. The van der Waals surface area contributed by atoms with Crippen LogP contribution in [0.4, 0.5) is 4.79 Å². The molecule has 0 aromatic rings. The topological polar surface area (TPSA) is 87.7 Å². The van der Waals surface area contributed by atoms with E-state index in [2.05, 4.69) is 10.6 Å². The normalized spacial score (nSPS) is 11.9. The van der Waals surface area contributed by atoms with Crippen molar-refractivity contribution in [3.8, 4) is 0 Å². The van der Waals surface area contributed by atoms with Gasteiger partial charge in [0.2, 0.25) is 0 Å². The number of amides is 2. The largest absolute Gasteiger partial charge is 0.480 e. The summed E-state index contributed by atoms with van der Waals surface area (Å²) in [5, 5.41) is 13.6. The molecule has 0 spiro atoms. The lowest BCUT2D eigenvalue weighted by Crippen LogP contribution is -2.45. The van der Waals surface area contributed by atoms with Gasteiger partial charge in [-0.25, -0.2) is 9.59 Å². The van der Waals surface area contributed by atoms with Gasteiger partial charge in [0.15, 0.2) is 0 Å². The standard InChI is InChI=1S/C9H18N2O4/c1-3-7(8(12)13)11-9(14)10-5-4-6-15-2/h7H,3-6H2,1-2H3,(H,12,13)(H2,10,11,14). The summed E-state index contributed by atoms with van der Waals surface area (Å²) in [6.07, 6.45) is 1.06. The molecule has 0 heterocycles. The number of hydrogen-bond donors (Lipinski definition) is 3. The lowest BCUT2D eigenvalue weighted by molar-refractivity contribution is -0.139. The van der Waals surface area contributed by atoms with Crippen molar-refractivity contribution in [2.24, 2.45) is 0 Å². The second kappa shape index (κ2) is 8.05. The van der Waals surface area contributed by atoms with Crippen LogP contribution in [0.1, 0.15) is 19.8 Å². The summed E-state index contributed by atoms with van der Waals surface area (Å²) in [6, 6.07) is -1.28. The molecule has 3 N–H and O–H groups in total. The number of methoxy groups -OCH3 is 1. The predicted octanol–water partition coefficient (Wildman–Crippen LogP) is 0.185. The highest BCUT2D eigenvalue weighted by atomic mass is 16.5. The van der Waals surface area contributed by atoms with E-state index in [9.17, 15) is 9.59 Å². The first-order valence-electron chi connectivity index (χ1n) is 4.88. The third-order valence-corrected chi connectivity index (χ3v) is 1.82. The molecule has 1 unspecified atom stereocenters. The van der Waals surface area contributed by atoms with E-state index in [0.717, 1.165) is 0 Å². The second-order valence-corrected chi connectivity index (χ2v) is 3.05. The fraction of sp³-hybridized carbons (Fsp3) is 0.778. The Balaban J connectivity index is 3.67. The van der Waals surface area contributed by atoms with Gasteiger partial charge in [-0.05, 0) is 12.8 Å². The highest BCUT2D eigenvalue weighted by Gasteiger charge is 2.16. The van der Waals surface area contributed by atoms with Gasteiger partial charge in [0.1, 0.15) is 6.04 Å². The van der Waals surface area contributed by atoms with Crippen molar-refractivity contribution in [1.82, 2.24) is 10.6 Å². The van der Waals surface area contributed by atoms with Crippen LogP contribution in [-0.4, -0.2) is 43.4 Å². The molecule has 0 rings (SSSR count). The van der Waals surface area contributed by atoms with Gasteiger partial charge in [-0.15, -0.1) is 0 Å². The SMILES string of the molecule is CCC(NC(=O)NCCCOC)C(=O)O. The van der Waals surface area contributed by atoms with Crippen LogP contribution in [0.5, 0.6) is 0 Å². The molecule has 0 saturated carbocycles. The molecule has 1 atom stereocenters. The average Bonchev–Trinajstić information content (AvgIpc) is 2.20. The first-order valence-corrected chi connectivity index (χ1v) is 4.88. The zero-order valence-corrected chi connectivity index (χ0v) is 9.08.